The highest BCUT2D eigenvalue weighted by molar-refractivity contribution is 5.96. The first kappa shape index (κ1) is 12.6. The second-order valence-electron chi connectivity index (χ2n) is 4.81. The molecule has 5 heteroatoms. The number of carbonyl (C=O) groups excluding carboxylic acids is 1. The number of hydrogen-bond acceptors (Lipinski definition) is 4. The Morgan fingerprint density at radius 2 is 2.11 bits per heavy atom. The summed E-state index contributed by atoms with van der Waals surface area (Å²) in [6.45, 7) is 1.18. The Balaban J connectivity index is 1.87. The molecule has 2 aliphatic heterocycles. The zero-order valence-electron chi connectivity index (χ0n) is 10.6. The summed E-state index contributed by atoms with van der Waals surface area (Å²) in [5, 5.41) is 9.35. The molecule has 0 saturated carbocycles. The summed E-state index contributed by atoms with van der Waals surface area (Å²) in [6, 6.07) is 7.48. The number of aliphatic hydroxyl groups is 1. The van der Waals surface area contributed by atoms with Crippen molar-refractivity contribution in [2.24, 2.45) is 0 Å². The van der Waals surface area contributed by atoms with Crippen LogP contribution in [0.4, 0.5) is 5.69 Å². The van der Waals surface area contributed by atoms with Gasteiger partial charge in [0.25, 0.3) is 0 Å². The number of nitrogens with zero attached hydrogens (tertiary/aromatic N) is 1. The lowest BCUT2D eigenvalue weighted by Crippen LogP contribution is -2.35. The Hall–Kier alpha value is -1.43. The summed E-state index contributed by atoms with van der Waals surface area (Å²) in [4.78, 5) is 13.6. The summed E-state index contributed by atoms with van der Waals surface area (Å²) in [6.07, 6.45) is 0.854. The van der Waals surface area contributed by atoms with E-state index in [0.29, 0.717) is 26.1 Å². The van der Waals surface area contributed by atoms with E-state index in [4.69, 9.17) is 9.47 Å². The number of carbonyl (C=O) groups is 1. The lowest BCUT2D eigenvalue weighted by Gasteiger charge is -2.24. The number of anilines is 1. The van der Waals surface area contributed by atoms with Gasteiger partial charge < -0.3 is 19.5 Å². The van der Waals surface area contributed by atoms with Gasteiger partial charge >= 0.3 is 0 Å². The number of benzene rings is 1. The Morgan fingerprint density at radius 3 is 2.84 bits per heavy atom. The molecule has 0 aliphatic carbocycles. The lowest BCUT2D eigenvalue weighted by atomic mass is 10.1. The van der Waals surface area contributed by atoms with E-state index >= 15 is 0 Å². The molecule has 3 rings (SSSR count). The molecule has 0 radical (unpaired) electrons. The van der Waals surface area contributed by atoms with E-state index in [2.05, 4.69) is 0 Å². The number of aliphatic hydroxyl groups excluding tert-OH is 1. The molecule has 102 valence electrons. The molecule has 0 spiro atoms. The maximum atomic E-state index is 11.9. The number of hydrogen-bond donors (Lipinski definition) is 1. The van der Waals surface area contributed by atoms with E-state index in [1.807, 2.05) is 24.3 Å². The van der Waals surface area contributed by atoms with Crippen LogP contribution in [-0.2, 0) is 14.3 Å². The molecular weight excluding hydrogens is 246 g/mol. The molecule has 0 aromatic heterocycles. The second kappa shape index (κ2) is 5.28. The fourth-order valence-corrected chi connectivity index (χ4v) is 2.64. The summed E-state index contributed by atoms with van der Waals surface area (Å²) in [5.74, 6) is 0.0597. The third kappa shape index (κ3) is 2.36. The maximum absolute atomic E-state index is 11.9. The molecule has 19 heavy (non-hydrogen) atoms. The van der Waals surface area contributed by atoms with Crippen LogP contribution in [0.3, 0.4) is 0 Å². The monoisotopic (exact) mass is 263 g/mol. The summed E-state index contributed by atoms with van der Waals surface area (Å²) in [7, 11) is 0. The van der Waals surface area contributed by atoms with Gasteiger partial charge in [0.15, 0.2) is 6.29 Å². The van der Waals surface area contributed by atoms with Crippen LogP contribution < -0.4 is 4.90 Å². The average Bonchev–Trinajstić information content (AvgIpc) is 3.08. The predicted octanol–water partition coefficient (Wildman–Crippen LogP) is 1.22. The first-order chi connectivity index (χ1) is 9.29. The largest absolute Gasteiger partial charge is 0.394 e. The van der Waals surface area contributed by atoms with Gasteiger partial charge in [0, 0.05) is 17.7 Å². The van der Waals surface area contributed by atoms with Gasteiger partial charge in [0.1, 0.15) is 0 Å². The molecule has 1 aromatic carbocycles. The van der Waals surface area contributed by atoms with Gasteiger partial charge in [-0.05, 0) is 18.6 Å². The molecule has 5 nitrogen and oxygen atoms in total. The third-order valence-corrected chi connectivity index (χ3v) is 3.58. The minimum atomic E-state index is -0.342. The summed E-state index contributed by atoms with van der Waals surface area (Å²) < 4.78 is 10.9. The molecular formula is C14H17NO4. The third-order valence-electron chi connectivity index (χ3n) is 3.58. The van der Waals surface area contributed by atoms with Crippen molar-refractivity contribution >= 4 is 11.6 Å². The minimum Gasteiger partial charge on any atom is -0.394 e. The van der Waals surface area contributed by atoms with Crippen molar-refractivity contribution < 1.29 is 19.4 Å². The zero-order chi connectivity index (χ0) is 13.2. The van der Waals surface area contributed by atoms with Crippen LogP contribution in [0.25, 0.3) is 0 Å². The molecule has 1 aromatic rings. The first-order valence-corrected chi connectivity index (χ1v) is 6.55. The smallest absolute Gasteiger partial charge is 0.227 e. The Labute approximate surface area is 111 Å². The van der Waals surface area contributed by atoms with Crippen LogP contribution in [0, 0.1) is 0 Å². The van der Waals surface area contributed by atoms with E-state index in [1.165, 1.54) is 0 Å². The van der Waals surface area contributed by atoms with Crippen molar-refractivity contribution in [3.05, 3.63) is 29.8 Å². The minimum absolute atomic E-state index is 0.00754. The van der Waals surface area contributed by atoms with E-state index in [-0.39, 0.29) is 24.8 Å². The highest BCUT2D eigenvalue weighted by Gasteiger charge is 2.32. The molecule has 2 heterocycles. The molecule has 2 saturated heterocycles. The lowest BCUT2D eigenvalue weighted by molar-refractivity contribution is -0.117. The molecule has 2 aliphatic rings. The fraction of sp³-hybridized carbons (Fsp3) is 0.500. The van der Waals surface area contributed by atoms with E-state index in [9.17, 15) is 9.90 Å². The summed E-state index contributed by atoms with van der Waals surface area (Å²) in [5.41, 5.74) is 1.71. The van der Waals surface area contributed by atoms with Crippen molar-refractivity contribution in [2.45, 2.75) is 25.2 Å². The van der Waals surface area contributed by atoms with Gasteiger partial charge in [0.05, 0.1) is 25.9 Å². The topological polar surface area (TPSA) is 59.0 Å². The molecule has 1 unspecified atom stereocenters. The number of amides is 1. The van der Waals surface area contributed by atoms with Crippen molar-refractivity contribution in [3.63, 3.8) is 0 Å². The quantitative estimate of drug-likeness (QED) is 0.890. The van der Waals surface area contributed by atoms with Crippen LogP contribution >= 0.6 is 0 Å². The second-order valence-corrected chi connectivity index (χ2v) is 4.81. The molecule has 2 fully saturated rings. The number of ether oxygens (including phenoxy) is 2. The molecule has 1 atom stereocenters. The van der Waals surface area contributed by atoms with Crippen LogP contribution in [0.5, 0.6) is 0 Å². The van der Waals surface area contributed by atoms with Crippen LogP contribution in [-0.4, -0.2) is 36.9 Å². The molecule has 1 N–H and O–H groups in total. The van der Waals surface area contributed by atoms with Crippen LogP contribution in [0.2, 0.25) is 0 Å². The van der Waals surface area contributed by atoms with Crippen LogP contribution in [0.15, 0.2) is 24.3 Å². The Morgan fingerprint density at radius 1 is 1.32 bits per heavy atom. The van der Waals surface area contributed by atoms with Gasteiger partial charge in [-0.3, -0.25) is 4.79 Å². The van der Waals surface area contributed by atoms with Gasteiger partial charge in [-0.25, -0.2) is 0 Å². The van der Waals surface area contributed by atoms with E-state index in [0.717, 1.165) is 11.3 Å². The average molecular weight is 263 g/mol. The standard InChI is InChI=1S/C14H17NO4/c16-9-12-4-5-13(17)15(12)11-3-1-2-10(8-11)14-18-6-7-19-14/h1-3,8,12,14,16H,4-7,9H2. The summed E-state index contributed by atoms with van der Waals surface area (Å²) >= 11 is 0. The Kier molecular flexibility index (Phi) is 3.50. The predicted molar refractivity (Wildman–Crippen MR) is 68.7 cm³/mol. The van der Waals surface area contributed by atoms with Gasteiger partial charge in [-0.2, -0.15) is 0 Å². The number of rotatable bonds is 3. The van der Waals surface area contributed by atoms with Crippen LogP contribution in [0.1, 0.15) is 24.7 Å². The molecule has 0 bridgehead atoms. The van der Waals surface area contributed by atoms with E-state index < -0.39 is 0 Å². The maximum Gasteiger partial charge on any atom is 0.227 e. The highest BCUT2D eigenvalue weighted by Crippen LogP contribution is 2.30. The SMILES string of the molecule is O=C1CCC(CO)N1c1cccc(C2OCCO2)c1. The Bertz CT molecular complexity index is 470. The van der Waals surface area contributed by atoms with Gasteiger partial charge in [-0.15, -0.1) is 0 Å². The highest BCUT2D eigenvalue weighted by atomic mass is 16.7. The normalized spacial score (nSPS) is 24.4. The zero-order valence-corrected chi connectivity index (χ0v) is 10.6. The van der Waals surface area contributed by atoms with Crippen molar-refractivity contribution in [1.29, 1.82) is 0 Å². The van der Waals surface area contributed by atoms with Crippen molar-refractivity contribution in [1.82, 2.24) is 0 Å². The van der Waals surface area contributed by atoms with Crippen molar-refractivity contribution in [2.75, 3.05) is 24.7 Å². The molecule has 1 amide bonds. The van der Waals surface area contributed by atoms with Gasteiger partial charge in [0.2, 0.25) is 5.91 Å². The van der Waals surface area contributed by atoms with E-state index in [1.54, 1.807) is 4.90 Å². The van der Waals surface area contributed by atoms with Gasteiger partial charge in [-0.1, -0.05) is 12.1 Å². The fourth-order valence-electron chi connectivity index (χ4n) is 2.64. The van der Waals surface area contributed by atoms with Crippen molar-refractivity contribution in [3.8, 4) is 0 Å². The first-order valence-electron chi connectivity index (χ1n) is 6.55.